The Morgan fingerprint density at radius 1 is 1.12 bits per heavy atom. The van der Waals surface area contributed by atoms with Crippen LogP contribution in [0.2, 0.25) is 10.0 Å². The summed E-state index contributed by atoms with van der Waals surface area (Å²) < 4.78 is 119. The van der Waals surface area contributed by atoms with Crippen molar-refractivity contribution in [1.29, 1.82) is 0 Å². The Morgan fingerprint density at radius 3 is 2.27 bits per heavy atom. The number of aryl methyl sites for hydroxylation is 1. The van der Waals surface area contributed by atoms with Crippen molar-refractivity contribution in [2.75, 3.05) is 19.6 Å². The lowest BCUT2D eigenvalue weighted by molar-refractivity contribution is -0.275. The lowest BCUT2D eigenvalue weighted by Crippen LogP contribution is -2.63. The van der Waals surface area contributed by atoms with Crippen molar-refractivity contribution in [3.05, 3.63) is 68.4 Å². The van der Waals surface area contributed by atoms with Crippen LogP contribution in [-0.2, 0) is 20.6 Å². The Balaban J connectivity index is 1.44. The highest BCUT2D eigenvalue weighted by molar-refractivity contribution is 7.87. The number of carbonyl (C=O) groups excluding carboxylic acids is 1. The molecule has 0 bridgehead atoms. The second-order valence-electron chi connectivity index (χ2n) is 9.34. The zero-order valence-corrected chi connectivity index (χ0v) is 23.0. The molecule has 2 aromatic carbocycles. The number of rotatable bonds is 7. The fourth-order valence-electron chi connectivity index (χ4n) is 4.20. The van der Waals surface area contributed by atoms with E-state index >= 15 is 0 Å². The summed E-state index contributed by atoms with van der Waals surface area (Å²) >= 11 is 11.4. The summed E-state index contributed by atoms with van der Waals surface area (Å²) in [5.74, 6) is -1.73. The third-order valence-electron chi connectivity index (χ3n) is 6.42. The van der Waals surface area contributed by atoms with Crippen LogP contribution in [0.15, 0.2) is 35.5 Å². The van der Waals surface area contributed by atoms with E-state index in [9.17, 15) is 43.9 Å². The highest BCUT2D eigenvalue weighted by atomic mass is 35.5. The number of amides is 1. The summed E-state index contributed by atoms with van der Waals surface area (Å²) in [7, 11) is -4.39. The molecule has 8 nitrogen and oxygen atoms in total. The van der Waals surface area contributed by atoms with E-state index in [2.05, 4.69) is 10.5 Å². The Morgan fingerprint density at radius 2 is 1.73 bits per heavy atom. The van der Waals surface area contributed by atoms with Crippen molar-refractivity contribution < 1.29 is 48.8 Å². The predicted molar refractivity (Wildman–Crippen MR) is 133 cm³/mol. The Labute approximate surface area is 238 Å². The minimum Gasteiger partial charge on any atom is -0.374 e. The van der Waals surface area contributed by atoms with E-state index in [0.717, 1.165) is 16.4 Å². The first-order valence-corrected chi connectivity index (χ1v) is 13.7. The molecule has 2 N–H and O–H groups in total. The number of carbonyl (C=O) groups is 1. The zero-order chi connectivity index (χ0) is 30.5. The molecule has 2 aliphatic heterocycles. The van der Waals surface area contributed by atoms with Gasteiger partial charge < -0.3 is 10.2 Å². The van der Waals surface area contributed by atoms with Crippen LogP contribution in [0.5, 0.6) is 0 Å². The van der Waals surface area contributed by atoms with Crippen molar-refractivity contribution in [3.63, 3.8) is 0 Å². The zero-order valence-electron chi connectivity index (χ0n) is 20.6. The summed E-state index contributed by atoms with van der Waals surface area (Å²) in [6.45, 7) is -0.758. The van der Waals surface area contributed by atoms with E-state index in [1.807, 2.05) is 0 Å². The standard InChI is InChI=1S/C23H19Cl2F7N4O4S/c1-11-4-12(18-7-21(40-35-18,23(30,31)32)13-5-16(24)19(26)17(25)6-13)2-3-15(11)20(37)34-14-8-36(9-14)41(38,39)33-10-22(27,28)29/h2-6,14,33H,7-10H2,1H3,(H,34,37)/t21-/m0/s1. The molecule has 2 heterocycles. The van der Waals surface area contributed by atoms with Gasteiger partial charge in [-0.15, -0.1) is 0 Å². The van der Waals surface area contributed by atoms with Crippen LogP contribution >= 0.6 is 23.2 Å². The van der Waals surface area contributed by atoms with E-state index in [4.69, 9.17) is 28.0 Å². The number of hydrogen-bond acceptors (Lipinski definition) is 5. The molecule has 0 unspecified atom stereocenters. The maximum atomic E-state index is 14.2. The summed E-state index contributed by atoms with van der Waals surface area (Å²) in [5, 5.41) is 4.89. The van der Waals surface area contributed by atoms with Crippen LogP contribution in [-0.4, -0.2) is 62.4 Å². The van der Waals surface area contributed by atoms with Crippen LogP contribution in [0.1, 0.15) is 33.5 Å². The van der Waals surface area contributed by atoms with Gasteiger partial charge in [-0.05, 0) is 42.3 Å². The van der Waals surface area contributed by atoms with Gasteiger partial charge in [0.15, 0.2) is 5.82 Å². The van der Waals surface area contributed by atoms with E-state index < -0.39 is 74.5 Å². The van der Waals surface area contributed by atoms with Gasteiger partial charge in [-0.1, -0.05) is 34.4 Å². The Kier molecular flexibility index (Phi) is 8.30. The molecule has 2 aromatic rings. The molecule has 1 amide bonds. The first-order valence-electron chi connectivity index (χ1n) is 11.5. The van der Waals surface area contributed by atoms with Gasteiger partial charge in [0.25, 0.3) is 21.7 Å². The van der Waals surface area contributed by atoms with Gasteiger partial charge in [-0.3, -0.25) is 4.79 Å². The van der Waals surface area contributed by atoms with Crippen LogP contribution < -0.4 is 10.0 Å². The van der Waals surface area contributed by atoms with Gasteiger partial charge in [0.2, 0.25) is 0 Å². The van der Waals surface area contributed by atoms with Crippen molar-refractivity contribution in [2.45, 2.75) is 37.3 Å². The molecule has 2 aliphatic rings. The lowest BCUT2D eigenvalue weighted by atomic mass is 9.86. The van der Waals surface area contributed by atoms with E-state index in [1.54, 1.807) is 0 Å². The van der Waals surface area contributed by atoms with E-state index in [1.165, 1.54) is 29.8 Å². The minimum atomic E-state index is -5.01. The fraction of sp³-hybridized carbons (Fsp3) is 0.391. The first-order chi connectivity index (χ1) is 18.8. The van der Waals surface area contributed by atoms with E-state index in [-0.39, 0.29) is 29.9 Å². The number of halogens is 9. The van der Waals surface area contributed by atoms with Gasteiger partial charge in [-0.2, -0.15) is 43.8 Å². The second kappa shape index (κ2) is 10.9. The number of oxime groups is 1. The fourth-order valence-corrected chi connectivity index (χ4v) is 5.97. The third kappa shape index (κ3) is 6.40. The molecule has 18 heteroatoms. The largest absolute Gasteiger partial charge is 0.435 e. The lowest BCUT2D eigenvalue weighted by Gasteiger charge is -2.38. The van der Waals surface area contributed by atoms with Gasteiger partial charge in [0.05, 0.1) is 21.8 Å². The Bertz CT molecular complexity index is 1490. The summed E-state index contributed by atoms with van der Waals surface area (Å²) in [4.78, 5) is 17.6. The Hall–Kier alpha value is -2.66. The number of benzene rings is 2. The van der Waals surface area contributed by atoms with Crippen LogP contribution in [0.25, 0.3) is 0 Å². The first kappa shape index (κ1) is 31.3. The maximum Gasteiger partial charge on any atom is 0.435 e. The summed E-state index contributed by atoms with van der Waals surface area (Å²) in [6, 6.07) is 4.88. The molecule has 0 spiro atoms. The average Bonchev–Trinajstić information content (AvgIpc) is 3.29. The molecule has 0 aliphatic carbocycles. The molecule has 224 valence electrons. The predicted octanol–water partition coefficient (Wildman–Crippen LogP) is 4.83. The number of nitrogens with one attached hydrogen (secondary N) is 2. The topological polar surface area (TPSA) is 100 Å². The summed E-state index contributed by atoms with van der Waals surface area (Å²) in [6.07, 6.45) is -10.6. The molecular weight excluding hydrogens is 632 g/mol. The maximum absolute atomic E-state index is 14.2. The molecule has 1 fully saturated rings. The molecule has 1 saturated heterocycles. The normalized spacial score (nSPS) is 20.4. The number of nitrogens with zero attached hydrogens (tertiary/aromatic N) is 2. The highest BCUT2D eigenvalue weighted by Crippen LogP contribution is 2.50. The molecule has 0 radical (unpaired) electrons. The van der Waals surface area contributed by atoms with Crippen LogP contribution in [0, 0.1) is 12.7 Å². The molecule has 41 heavy (non-hydrogen) atoms. The quantitative estimate of drug-likeness (QED) is 0.331. The van der Waals surface area contributed by atoms with E-state index in [0.29, 0.717) is 5.56 Å². The van der Waals surface area contributed by atoms with Crippen molar-refractivity contribution >= 4 is 45.0 Å². The minimum absolute atomic E-state index is 0.115. The third-order valence-corrected chi connectivity index (χ3v) is 8.46. The number of hydrogen-bond donors (Lipinski definition) is 2. The van der Waals surface area contributed by atoms with Crippen molar-refractivity contribution in [3.8, 4) is 0 Å². The molecule has 0 aromatic heterocycles. The van der Waals surface area contributed by atoms with Crippen LogP contribution in [0.3, 0.4) is 0 Å². The molecule has 4 rings (SSSR count). The van der Waals surface area contributed by atoms with Gasteiger partial charge in [0.1, 0.15) is 6.54 Å². The van der Waals surface area contributed by atoms with Crippen LogP contribution in [0.4, 0.5) is 30.7 Å². The molecule has 1 atom stereocenters. The molecule has 0 saturated carbocycles. The monoisotopic (exact) mass is 650 g/mol. The van der Waals surface area contributed by atoms with Gasteiger partial charge >= 0.3 is 12.4 Å². The van der Waals surface area contributed by atoms with Crippen molar-refractivity contribution in [1.82, 2.24) is 14.3 Å². The molecular formula is C23H19Cl2F7N4O4S. The van der Waals surface area contributed by atoms with Gasteiger partial charge in [0, 0.05) is 30.6 Å². The SMILES string of the molecule is Cc1cc(C2=NO[C@@](c3cc(Cl)c(F)c(Cl)c3)(C(F)(F)F)C2)ccc1C(=O)NC1CN(S(=O)(=O)NCC(F)(F)F)C1. The highest BCUT2D eigenvalue weighted by Gasteiger charge is 2.62. The van der Waals surface area contributed by atoms with Crippen molar-refractivity contribution in [2.24, 2.45) is 5.16 Å². The smallest absolute Gasteiger partial charge is 0.374 e. The second-order valence-corrected chi connectivity index (χ2v) is 11.9. The number of alkyl halides is 6. The summed E-state index contributed by atoms with van der Waals surface area (Å²) in [5.41, 5.74) is -3.04. The van der Waals surface area contributed by atoms with Gasteiger partial charge in [-0.25, -0.2) is 4.39 Å². The average molecular weight is 651 g/mol.